The van der Waals surface area contributed by atoms with E-state index in [1.807, 2.05) is 61.7 Å². The van der Waals surface area contributed by atoms with Crippen LogP contribution in [0.2, 0.25) is 0 Å². The van der Waals surface area contributed by atoms with Gasteiger partial charge in [0.15, 0.2) is 5.65 Å². The van der Waals surface area contributed by atoms with Crippen LogP contribution in [-0.4, -0.2) is 24.8 Å². The number of nitrogens with one attached hydrogen (secondary N) is 1. The number of fused-ring (bicyclic) bond motifs is 1. The molecule has 4 aromatic rings. The van der Waals surface area contributed by atoms with Crippen molar-refractivity contribution in [3.63, 3.8) is 0 Å². The average molecular weight is 348 g/mol. The molecule has 3 aromatic heterocycles. The second-order valence-electron chi connectivity index (χ2n) is 6.36. The minimum Gasteiger partial charge on any atom is -0.423 e. The summed E-state index contributed by atoms with van der Waals surface area (Å²) in [6.45, 7) is 7.78. The fourth-order valence-electron chi connectivity index (χ4n) is 2.86. The Morgan fingerprint density at radius 1 is 1.08 bits per heavy atom. The smallest absolute Gasteiger partial charge is 0.238 e. The van der Waals surface area contributed by atoms with Crippen molar-refractivity contribution in [3.05, 3.63) is 59.4 Å². The molecule has 0 amide bonds. The van der Waals surface area contributed by atoms with Crippen molar-refractivity contribution < 1.29 is 4.42 Å². The Bertz CT molecular complexity index is 1070. The first-order chi connectivity index (χ1) is 12.5. The molecular weight excluding hydrogens is 328 g/mol. The van der Waals surface area contributed by atoms with E-state index in [2.05, 4.69) is 20.6 Å². The van der Waals surface area contributed by atoms with Crippen molar-refractivity contribution in [1.82, 2.24) is 24.8 Å². The molecule has 0 saturated heterocycles. The first kappa shape index (κ1) is 16.3. The van der Waals surface area contributed by atoms with Gasteiger partial charge in [-0.2, -0.15) is 9.61 Å². The molecule has 1 aromatic carbocycles. The Balaban J connectivity index is 1.83. The maximum atomic E-state index is 5.54. The van der Waals surface area contributed by atoms with Crippen molar-refractivity contribution >= 4 is 11.5 Å². The molecule has 4 rings (SSSR count). The normalized spacial score (nSPS) is 12.5. The predicted octanol–water partition coefficient (Wildman–Crippen LogP) is 3.88. The number of rotatable bonds is 4. The quantitative estimate of drug-likeness (QED) is 0.603. The minimum atomic E-state index is -0.157. The number of aromatic nitrogens is 5. The van der Waals surface area contributed by atoms with Crippen LogP contribution in [0.5, 0.6) is 0 Å². The predicted molar refractivity (Wildman–Crippen MR) is 99.0 cm³/mol. The van der Waals surface area contributed by atoms with E-state index < -0.39 is 0 Å². The zero-order valence-electron chi connectivity index (χ0n) is 15.2. The van der Waals surface area contributed by atoms with E-state index >= 15 is 0 Å². The maximum absolute atomic E-state index is 5.54. The van der Waals surface area contributed by atoms with Gasteiger partial charge in [-0.05, 0) is 20.8 Å². The number of nitrogens with zero attached hydrogens (tertiary/aromatic N) is 5. The molecule has 132 valence electrons. The average Bonchev–Trinajstić information content (AvgIpc) is 3.20. The van der Waals surface area contributed by atoms with Crippen LogP contribution in [0, 0.1) is 20.8 Å². The Kier molecular flexibility index (Phi) is 3.91. The van der Waals surface area contributed by atoms with E-state index in [1.54, 1.807) is 6.92 Å². The third-order valence-electron chi connectivity index (χ3n) is 4.40. The summed E-state index contributed by atoms with van der Waals surface area (Å²) in [5.41, 5.74) is 4.79. The summed E-state index contributed by atoms with van der Waals surface area (Å²) in [6, 6.07) is 11.9. The highest BCUT2D eigenvalue weighted by Gasteiger charge is 2.17. The van der Waals surface area contributed by atoms with Gasteiger partial charge in [0.05, 0.1) is 11.4 Å². The molecule has 1 N–H and O–H groups in total. The van der Waals surface area contributed by atoms with Crippen molar-refractivity contribution in [2.75, 3.05) is 5.32 Å². The fraction of sp³-hybridized carbons (Fsp3) is 0.263. The molecule has 0 aliphatic carbocycles. The molecule has 0 bridgehead atoms. The molecular formula is C19H20N6O. The van der Waals surface area contributed by atoms with E-state index in [9.17, 15) is 0 Å². The number of hydrogen-bond donors (Lipinski definition) is 1. The molecule has 0 unspecified atom stereocenters. The second-order valence-corrected chi connectivity index (χ2v) is 6.36. The molecule has 0 saturated carbocycles. The van der Waals surface area contributed by atoms with E-state index in [4.69, 9.17) is 9.40 Å². The van der Waals surface area contributed by atoms with Crippen molar-refractivity contribution in [2.45, 2.75) is 33.7 Å². The van der Waals surface area contributed by atoms with E-state index in [-0.39, 0.29) is 6.04 Å². The van der Waals surface area contributed by atoms with Gasteiger partial charge in [-0.15, -0.1) is 10.2 Å². The molecule has 7 nitrogen and oxygen atoms in total. The van der Waals surface area contributed by atoms with Gasteiger partial charge >= 0.3 is 0 Å². The van der Waals surface area contributed by atoms with Crippen LogP contribution in [0.1, 0.15) is 36.0 Å². The van der Waals surface area contributed by atoms with Gasteiger partial charge in [0.25, 0.3) is 0 Å². The van der Waals surface area contributed by atoms with E-state index in [0.29, 0.717) is 11.8 Å². The summed E-state index contributed by atoms with van der Waals surface area (Å²) in [4.78, 5) is 4.82. The zero-order valence-corrected chi connectivity index (χ0v) is 15.2. The largest absolute Gasteiger partial charge is 0.423 e. The zero-order chi connectivity index (χ0) is 18.3. The summed E-state index contributed by atoms with van der Waals surface area (Å²) in [5.74, 6) is 1.91. The van der Waals surface area contributed by atoms with Gasteiger partial charge in [-0.1, -0.05) is 30.3 Å². The van der Waals surface area contributed by atoms with Crippen LogP contribution in [0.3, 0.4) is 0 Å². The lowest BCUT2D eigenvalue weighted by atomic mass is 10.1. The van der Waals surface area contributed by atoms with Gasteiger partial charge in [0.1, 0.15) is 11.9 Å². The second kappa shape index (κ2) is 6.25. The summed E-state index contributed by atoms with van der Waals surface area (Å²) < 4.78 is 7.37. The van der Waals surface area contributed by atoms with Crippen LogP contribution in [-0.2, 0) is 0 Å². The van der Waals surface area contributed by atoms with Crippen LogP contribution < -0.4 is 5.32 Å². The van der Waals surface area contributed by atoms with Crippen LogP contribution >= 0.6 is 0 Å². The fourth-order valence-corrected chi connectivity index (χ4v) is 2.86. The highest BCUT2D eigenvalue weighted by atomic mass is 16.4. The lowest BCUT2D eigenvalue weighted by molar-refractivity contribution is 0.450. The summed E-state index contributed by atoms with van der Waals surface area (Å²) in [5, 5.41) is 16.1. The molecule has 1 atom stereocenters. The van der Waals surface area contributed by atoms with Crippen LogP contribution in [0.25, 0.3) is 16.9 Å². The Morgan fingerprint density at radius 2 is 1.85 bits per heavy atom. The maximum Gasteiger partial charge on any atom is 0.238 e. The lowest BCUT2D eigenvalue weighted by Gasteiger charge is -2.14. The van der Waals surface area contributed by atoms with Gasteiger partial charge in [0, 0.05) is 24.1 Å². The van der Waals surface area contributed by atoms with Gasteiger partial charge in [0.2, 0.25) is 11.8 Å². The van der Waals surface area contributed by atoms with Crippen LogP contribution in [0.4, 0.5) is 5.82 Å². The van der Waals surface area contributed by atoms with Gasteiger partial charge in [-0.3, -0.25) is 0 Å². The minimum absolute atomic E-state index is 0.157. The summed E-state index contributed by atoms with van der Waals surface area (Å²) >= 11 is 0. The first-order valence-corrected chi connectivity index (χ1v) is 8.52. The number of aryl methyl sites for hydroxylation is 3. The highest BCUT2D eigenvalue weighted by molar-refractivity contribution is 5.68. The number of anilines is 1. The van der Waals surface area contributed by atoms with Gasteiger partial charge in [-0.25, -0.2) is 4.98 Å². The Hall–Kier alpha value is -3.22. The Labute approximate surface area is 151 Å². The Morgan fingerprint density at radius 3 is 2.54 bits per heavy atom. The van der Waals surface area contributed by atoms with E-state index in [0.717, 1.165) is 34.0 Å². The molecule has 0 aliphatic heterocycles. The number of benzene rings is 1. The molecule has 0 radical (unpaired) electrons. The monoisotopic (exact) mass is 348 g/mol. The molecule has 26 heavy (non-hydrogen) atoms. The van der Waals surface area contributed by atoms with Crippen LogP contribution in [0.15, 0.2) is 40.8 Å². The first-order valence-electron chi connectivity index (χ1n) is 8.52. The van der Waals surface area contributed by atoms with E-state index in [1.165, 1.54) is 0 Å². The molecule has 0 aliphatic rings. The molecule has 3 heterocycles. The SMILES string of the molecule is Cc1nnc([C@H](C)Nc2cc(-c3ccccc3)nc3c(C)c(C)nn23)o1. The molecule has 7 heteroatoms. The highest BCUT2D eigenvalue weighted by Crippen LogP contribution is 2.27. The standard InChI is InChI=1S/C19H20N6O/c1-11-12(2)24-25-17(20-13(3)19-23-22-14(4)26-19)10-16(21-18(11)25)15-8-6-5-7-9-15/h5-10,13,20H,1-4H3/t13-/m0/s1. The molecule has 0 spiro atoms. The summed E-state index contributed by atoms with van der Waals surface area (Å²) in [7, 11) is 0. The van der Waals surface area contributed by atoms with Crippen molar-refractivity contribution in [2.24, 2.45) is 0 Å². The number of hydrogen-bond acceptors (Lipinski definition) is 6. The molecule has 0 fully saturated rings. The summed E-state index contributed by atoms with van der Waals surface area (Å²) in [6.07, 6.45) is 0. The lowest BCUT2D eigenvalue weighted by Crippen LogP contribution is -2.11. The topological polar surface area (TPSA) is 81.1 Å². The van der Waals surface area contributed by atoms with Gasteiger partial charge < -0.3 is 9.73 Å². The third-order valence-corrected chi connectivity index (χ3v) is 4.40. The van der Waals surface area contributed by atoms with Crippen molar-refractivity contribution in [3.8, 4) is 11.3 Å². The third kappa shape index (κ3) is 2.81. The van der Waals surface area contributed by atoms with Crippen molar-refractivity contribution in [1.29, 1.82) is 0 Å².